The van der Waals surface area contributed by atoms with Crippen LogP contribution in [0.1, 0.15) is 89.5 Å². The van der Waals surface area contributed by atoms with Gasteiger partial charge >= 0.3 is 18.2 Å². The molecule has 1 N–H and O–H groups in total. The smallest absolute Gasteiger partial charge is 0.425 e. The number of alkyl halides is 3. The maximum Gasteiger partial charge on any atom is 0.425 e. The Morgan fingerprint density at radius 2 is 1.80 bits per heavy atom. The van der Waals surface area contributed by atoms with Gasteiger partial charge in [0, 0.05) is 29.4 Å². The first-order valence-corrected chi connectivity index (χ1v) is 15.1. The first-order valence-electron chi connectivity index (χ1n) is 15.1. The van der Waals surface area contributed by atoms with E-state index in [1.165, 1.54) is 13.3 Å². The van der Waals surface area contributed by atoms with Crippen LogP contribution in [-0.2, 0) is 20.9 Å². The fourth-order valence-corrected chi connectivity index (χ4v) is 6.05. The average molecular weight is 638 g/mol. The molecule has 10 nitrogen and oxygen atoms in total. The molecule has 248 valence electrons. The number of aliphatic carboxylic acids is 1. The van der Waals surface area contributed by atoms with Crippen molar-refractivity contribution in [2.24, 2.45) is 11.3 Å². The lowest BCUT2D eigenvalue weighted by molar-refractivity contribution is -0.200. The van der Waals surface area contributed by atoms with Crippen molar-refractivity contribution in [3.8, 4) is 11.8 Å². The van der Waals surface area contributed by atoms with Crippen molar-refractivity contribution in [2.45, 2.75) is 110 Å². The van der Waals surface area contributed by atoms with Crippen LogP contribution in [0.15, 0.2) is 30.6 Å². The van der Waals surface area contributed by atoms with E-state index >= 15 is 0 Å². The molecule has 0 spiro atoms. The second-order valence-electron chi connectivity index (χ2n) is 13.0. The minimum atomic E-state index is -4.86. The van der Waals surface area contributed by atoms with Crippen molar-refractivity contribution >= 4 is 12.1 Å². The molecule has 0 bridgehead atoms. The zero-order valence-corrected chi connectivity index (χ0v) is 26.6. The van der Waals surface area contributed by atoms with E-state index in [-0.39, 0.29) is 24.2 Å². The summed E-state index contributed by atoms with van der Waals surface area (Å²) in [6, 6.07) is 2.29. The zero-order chi connectivity index (χ0) is 33.3. The van der Waals surface area contributed by atoms with Crippen LogP contribution in [0.2, 0.25) is 0 Å². The number of ether oxygens (including phenoxy) is 4. The van der Waals surface area contributed by atoms with Gasteiger partial charge in [-0.2, -0.15) is 13.2 Å². The molecule has 1 saturated carbocycles. The SMILES string of the molecule is COc1ncc(C2CCC2)cc1CO[C@H]1[C@H](C(C)(C)C)[C@@H](C(=O)O)N(C(=O)O[C@@H](C)C(F)(F)F)[C@H]1c1cccnc1OC(C)C. The summed E-state index contributed by atoms with van der Waals surface area (Å²) in [5.74, 6) is -1.53. The van der Waals surface area contributed by atoms with Gasteiger partial charge in [0.05, 0.1) is 32.0 Å². The number of amides is 1. The molecule has 2 aliphatic rings. The Morgan fingerprint density at radius 1 is 1.11 bits per heavy atom. The molecule has 3 heterocycles. The largest absolute Gasteiger partial charge is 0.481 e. The molecule has 0 radical (unpaired) electrons. The summed E-state index contributed by atoms with van der Waals surface area (Å²) >= 11 is 0. The third kappa shape index (κ3) is 7.45. The lowest BCUT2D eigenvalue weighted by Crippen LogP contribution is -2.48. The second kappa shape index (κ2) is 13.4. The van der Waals surface area contributed by atoms with Gasteiger partial charge in [-0.25, -0.2) is 19.6 Å². The summed E-state index contributed by atoms with van der Waals surface area (Å²) in [6.45, 7) is 9.54. The molecule has 1 aliphatic carbocycles. The van der Waals surface area contributed by atoms with Gasteiger partial charge in [0.1, 0.15) is 6.04 Å². The molecule has 2 fully saturated rings. The van der Waals surface area contributed by atoms with Crippen LogP contribution in [0, 0.1) is 11.3 Å². The van der Waals surface area contributed by atoms with Gasteiger partial charge in [0.15, 0.2) is 6.10 Å². The zero-order valence-electron chi connectivity index (χ0n) is 26.6. The van der Waals surface area contributed by atoms with Gasteiger partial charge in [-0.15, -0.1) is 0 Å². The molecule has 1 amide bonds. The lowest BCUT2D eigenvalue weighted by Gasteiger charge is -2.35. The predicted molar refractivity (Wildman–Crippen MR) is 157 cm³/mol. The highest BCUT2D eigenvalue weighted by molar-refractivity contribution is 5.82. The van der Waals surface area contributed by atoms with E-state index in [2.05, 4.69) is 9.97 Å². The minimum absolute atomic E-state index is 0.0701. The topological polar surface area (TPSA) is 120 Å². The van der Waals surface area contributed by atoms with Crippen LogP contribution >= 0.6 is 0 Å². The van der Waals surface area contributed by atoms with Crippen molar-refractivity contribution in [1.29, 1.82) is 0 Å². The number of methoxy groups -OCH3 is 1. The molecule has 1 saturated heterocycles. The summed E-state index contributed by atoms with van der Waals surface area (Å²) in [6.07, 6.45) is -3.75. The van der Waals surface area contributed by atoms with Gasteiger partial charge in [-0.1, -0.05) is 27.2 Å². The molecular formula is C32H42F3N3O7. The highest BCUT2D eigenvalue weighted by Gasteiger charge is 2.60. The third-order valence-electron chi connectivity index (χ3n) is 8.42. The van der Waals surface area contributed by atoms with E-state index in [4.69, 9.17) is 18.9 Å². The van der Waals surface area contributed by atoms with Crippen molar-refractivity contribution < 1.29 is 46.8 Å². The number of likely N-dealkylation sites (tertiary alicyclic amines) is 1. The van der Waals surface area contributed by atoms with Crippen LogP contribution < -0.4 is 9.47 Å². The Bertz CT molecular complexity index is 1360. The number of hydrogen-bond donors (Lipinski definition) is 1. The van der Waals surface area contributed by atoms with Gasteiger partial charge in [0.25, 0.3) is 0 Å². The maximum atomic E-state index is 13.7. The third-order valence-corrected chi connectivity index (χ3v) is 8.42. The number of carboxylic acid groups (broad SMARTS) is 1. The summed E-state index contributed by atoms with van der Waals surface area (Å²) in [5.41, 5.74) is 1.12. The van der Waals surface area contributed by atoms with Crippen LogP contribution in [0.3, 0.4) is 0 Å². The summed E-state index contributed by atoms with van der Waals surface area (Å²) < 4.78 is 63.5. The summed E-state index contributed by atoms with van der Waals surface area (Å²) in [5, 5.41) is 10.6. The number of carbonyl (C=O) groups is 2. The van der Waals surface area contributed by atoms with Crippen molar-refractivity contribution in [1.82, 2.24) is 14.9 Å². The lowest BCUT2D eigenvalue weighted by atomic mass is 9.73. The Hall–Kier alpha value is -3.61. The molecule has 45 heavy (non-hydrogen) atoms. The van der Waals surface area contributed by atoms with Crippen LogP contribution in [0.4, 0.5) is 18.0 Å². The molecule has 0 unspecified atom stereocenters. The highest BCUT2D eigenvalue weighted by atomic mass is 19.4. The minimum Gasteiger partial charge on any atom is -0.481 e. The fourth-order valence-electron chi connectivity index (χ4n) is 6.05. The van der Waals surface area contributed by atoms with E-state index in [0.29, 0.717) is 24.3 Å². The van der Waals surface area contributed by atoms with Crippen LogP contribution in [0.25, 0.3) is 0 Å². The number of carboxylic acids is 1. The second-order valence-corrected chi connectivity index (χ2v) is 13.0. The van der Waals surface area contributed by atoms with Gasteiger partial charge in [0.2, 0.25) is 11.8 Å². The summed E-state index contributed by atoms with van der Waals surface area (Å²) in [7, 11) is 1.48. The predicted octanol–water partition coefficient (Wildman–Crippen LogP) is 6.68. The van der Waals surface area contributed by atoms with E-state index < -0.39 is 53.9 Å². The molecule has 5 atom stereocenters. The Balaban J connectivity index is 1.86. The normalized spacial score (nSPS) is 23.0. The molecule has 1 aliphatic heterocycles. The van der Waals surface area contributed by atoms with Crippen LogP contribution in [0.5, 0.6) is 11.8 Å². The molecule has 4 rings (SSSR count). The van der Waals surface area contributed by atoms with E-state index in [1.807, 2.05) is 6.07 Å². The molecule has 0 aromatic carbocycles. The van der Waals surface area contributed by atoms with E-state index in [1.54, 1.807) is 52.9 Å². The van der Waals surface area contributed by atoms with E-state index in [9.17, 15) is 27.9 Å². The van der Waals surface area contributed by atoms with Crippen molar-refractivity contribution in [2.75, 3.05) is 7.11 Å². The van der Waals surface area contributed by atoms with Gasteiger partial charge in [-0.3, -0.25) is 4.90 Å². The Morgan fingerprint density at radius 3 is 2.33 bits per heavy atom. The van der Waals surface area contributed by atoms with Crippen molar-refractivity contribution in [3.05, 3.63) is 47.3 Å². The number of halogens is 3. The number of carbonyl (C=O) groups excluding carboxylic acids is 1. The van der Waals surface area contributed by atoms with Gasteiger partial charge in [-0.05, 0) is 68.7 Å². The van der Waals surface area contributed by atoms with Crippen LogP contribution in [-0.4, -0.2) is 69.7 Å². The number of rotatable bonds is 10. The molecule has 2 aromatic heterocycles. The first-order chi connectivity index (χ1) is 21.0. The Labute approximate surface area is 261 Å². The number of aromatic nitrogens is 2. The molecule has 13 heteroatoms. The monoisotopic (exact) mass is 637 g/mol. The number of nitrogens with zero attached hydrogens (tertiary/aromatic N) is 3. The first kappa shape index (κ1) is 34.3. The highest BCUT2D eigenvalue weighted by Crippen LogP contribution is 2.51. The molecular weight excluding hydrogens is 595 g/mol. The maximum absolute atomic E-state index is 13.7. The average Bonchev–Trinajstić information content (AvgIpc) is 3.26. The quantitative estimate of drug-likeness (QED) is 0.304. The van der Waals surface area contributed by atoms with Crippen molar-refractivity contribution in [3.63, 3.8) is 0 Å². The number of pyridine rings is 2. The van der Waals surface area contributed by atoms with E-state index in [0.717, 1.165) is 29.7 Å². The Kier molecular flexibility index (Phi) is 10.2. The number of hydrogen-bond acceptors (Lipinski definition) is 8. The summed E-state index contributed by atoms with van der Waals surface area (Å²) in [4.78, 5) is 36.3. The fraction of sp³-hybridized carbons (Fsp3) is 0.625. The van der Waals surface area contributed by atoms with Gasteiger partial charge < -0.3 is 24.1 Å². The molecule has 2 aromatic rings. The standard InChI is InChI=1S/C32H42F3N3O7/c1-17(2)44-28-22(12-9-13-36-28)24-26(43-16-21-14-20(19-10-8-11-19)15-37-27(21)42-7)23(31(4,5)6)25(29(39)40)38(24)30(41)45-18(3)32(33,34)35/h9,12-15,17-19,23-26H,8,10-11,16H2,1-7H3,(H,39,40)/t18-,23+,24-,25-,26-/m0/s1.